The number of rotatable bonds is 2. The number of nitrogens with zero attached hydrogens (tertiary/aromatic N) is 3. The van der Waals surface area contributed by atoms with Crippen molar-refractivity contribution in [2.24, 2.45) is 5.73 Å². The van der Waals surface area contributed by atoms with Crippen LogP contribution in [0, 0.1) is 0 Å². The third-order valence-electron chi connectivity index (χ3n) is 2.96. The van der Waals surface area contributed by atoms with E-state index in [0.717, 1.165) is 31.8 Å². The summed E-state index contributed by atoms with van der Waals surface area (Å²) in [6.07, 6.45) is 1.78. The molecule has 6 nitrogen and oxygen atoms in total. The summed E-state index contributed by atoms with van der Waals surface area (Å²) in [6.45, 7) is 3.42. The Labute approximate surface area is 93.8 Å². The minimum atomic E-state index is 0.134. The highest BCUT2D eigenvalue weighted by Crippen LogP contribution is 2.25. The maximum absolute atomic E-state index is 11.2. The molecule has 0 aromatic carbocycles. The Balaban J connectivity index is 1.96. The minimum Gasteiger partial charge on any atom is -0.343 e. The van der Waals surface area contributed by atoms with Crippen molar-refractivity contribution in [1.29, 1.82) is 0 Å². The maximum atomic E-state index is 11.2. The van der Waals surface area contributed by atoms with Crippen LogP contribution in [0.2, 0.25) is 0 Å². The highest BCUT2D eigenvalue weighted by atomic mass is 16.5. The molecule has 0 radical (unpaired) electrons. The zero-order valence-electron chi connectivity index (χ0n) is 9.35. The highest BCUT2D eigenvalue weighted by Gasteiger charge is 2.25. The Bertz CT molecular complexity index is 369. The molecule has 0 bridgehead atoms. The van der Waals surface area contributed by atoms with Crippen molar-refractivity contribution < 1.29 is 9.32 Å². The molecule has 0 atom stereocenters. The molecule has 1 aliphatic rings. The molecule has 6 heteroatoms. The van der Waals surface area contributed by atoms with E-state index in [1.165, 1.54) is 0 Å². The Kier molecular flexibility index (Phi) is 3.19. The Morgan fingerprint density at radius 3 is 2.75 bits per heavy atom. The third-order valence-corrected chi connectivity index (χ3v) is 2.96. The van der Waals surface area contributed by atoms with Crippen LogP contribution in [0.15, 0.2) is 4.52 Å². The summed E-state index contributed by atoms with van der Waals surface area (Å²) in [5.41, 5.74) is 5.41. The van der Waals surface area contributed by atoms with Crippen LogP contribution in [0.4, 0.5) is 0 Å². The van der Waals surface area contributed by atoms with E-state index in [4.69, 9.17) is 10.3 Å². The number of piperidine rings is 1. The molecule has 1 saturated heterocycles. The lowest BCUT2D eigenvalue weighted by atomic mass is 9.96. The first-order chi connectivity index (χ1) is 7.70. The summed E-state index contributed by atoms with van der Waals surface area (Å²) in [7, 11) is 0. The first-order valence-corrected chi connectivity index (χ1v) is 5.48. The number of hydrogen-bond acceptors (Lipinski definition) is 5. The fraction of sp³-hybridized carbons (Fsp3) is 0.700. The highest BCUT2D eigenvalue weighted by molar-refractivity contribution is 5.73. The van der Waals surface area contributed by atoms with Gasteiger partial charge in [0.1, 0.15) is 0 Å². The van der Waals surface area contributed by atoms with Gasteiger partial charge in [-0.1, -0.05) is 5.16 Å². The molecule has 0 saturated carbocycles. The molecule has 2 rings (SSSR count). The zero-order valence-corrected chi connectivity index (χ0v) is 9.35. The van der Waals surface area contributed by atoms with E-state index in [-0.39, 0.29) is 12.5 Å². The largest absolute Gasteiger partial charge is 0.343 e. The van der Waals surface area contributed by atoms with Gasteiger partial charge in [0, 0.05) is 25.9 Å². The Morgan fingerprint density at radius 2 is 2.25 bits per heavy atom. The van der Waals surface area contributed by atoms with E-state index in [9.17, 15) is 4.79 Å². The molecular weight excluding hydrogens is 208 g/mol. The van der Waals surface area contributed by atoms with E-state index >= 15 is 0 Å². The van der Waals surface area contributed by atoms with Gasteiger partial charge in [-0.15, -0.1) is 0 Å². The molecule has 0 aliphatic carbocycles. The monoisotopic (exact) mass is 224 g/mol. The van der Waals surface area contributed by atoms with Gasteiger partial charge >= 0.3 is 0 Å². The quantitative estimate of drug-likeness (QED) is 0.778. The molecule has 88 valence electrons. The molecule has 1 aliphatic heterocycles. The average molecular weight is 224 g/mol. The van der Waals surface area contributed by atoms with Crippen molar-refractivity contribution in [1.82, 2.24) is 15.0 Å². The van der Waals surface area contributed by atoms with Crippen LogP contribution >= 0.6 is 0 Å². The molecule has 2 heterocycles. The number of nitrogens with two attached hydrogens (primary N) is 1. The van der Waals surface area contributed by atoms with E-state index in [1.54, 1.807) is 6.92 Å². The van der Waals surface area contributed by atoms with Gasteiger partial charge in [-0.05, 0) is 12.8 Å². The standard InChI is InChI=1S/C10H16N4O2/c1-7(15)14-4-2-8(3-5-14)10-12-9(6-11)16-13-10/h8H,2-6,11H2,1H3. The van der Waals surface area contributed by atoms with Gasteiger partial charge in [0.05, 0.1) is 6.54 Å². The average Bonchev–Trinajstić information content (AvgIpc) is 2.77. The summed E-state index contributed by atoms with van der Waals surface area (Å²) >= 11 is 0. The van der Waals surface area contributed by atoms with Gasteiger partial charge in [0.25, 0.3) is 0 Å². The van der Waals surface area contributed by atoms with Crippen LogP contribution in [-0.2, 0) is 11.3 Å². The van der Waals surface area contributed by atoms with Crippen molar-refractivity contribution in [3.05, 3.63) is 11.7 Å². The first-order valence-electron chi connectivity index (χ1n) is 5.48. The Hall–Kier alpha value is -1.43. The number of carbonyl (C=O) groups excluding carboxylic acids is 1. The lowest BCUT2D eigenvalue weighted by Crippen LogP contribution is -2.36. The number of carbonyl (C=O) groups is 1. The summed E-state index contributed by atoms with van der Waals surface area (Å²) < 4.78 is 4.97. The van der Waals surface area contributed by atoms with Gasteiger partial charge in [-0.2, -0.15) is 4.98 Å². The number of amides is 1. The lowest BCUT2D eigenvalue weighted by molar-refractivity contribution is -0.129. The number of aromatic nitrogens is 2. The second kappa shape index (κ2) is 4.61. The predicted molar refractivity (Wildman–Crippen MR) is 56.4 cm³/mol. The van der Waals surface area contributed by atoms with Crippen molar-refractivity contribution in [2.45, 2.75) is 32.2 Å². The molecule has 1 amide bonds. The topological polar surface area (TPSA) is 85.2 Å². The van der Waals surface area contributed by atoms with Gasteiger partial charge in [0.15, 0.2) is 5.82 Å². The van der Waals surface area contributed by atoms with Crippen LogP contribution in [0.1, 0.15) is 37.4 Å². The van der Waals surface area contributed by atoms with Crippen LogP contribution < -0.4 is 5.73 Å². The number of hydrogen-bond donors (Lipinski definition) is 1. The molecule has 1 aromatic rings. The van der Waals surface area contributed by atoms with E-state index in [1.807, 2.05) is 4.90 Å². The third kappa shape index (κ3) is 2.21. The predicted octanol–water partition coefficient (Wildman–Crippen LogP) is 0.254. The van der Waals surface area contributed by atoms with Gasteiger partial charge in [-0.25, -0.2) is 0 Å². The van der Waals surface area contributed by atoms with Gasteiger partial charge in [-0.3, -0.25) is 4.79 Å². The van der Waals surface area contributed by atoms with Crippen molar-refractivity contribution >= 4 is 5.91 Å². The van der Waals surface area contributed by atoms with E-state index < -0.39 is 0 Å². The van der Waals surface area contributed by atoms with Crippen LogP contribution in [-0.4, -0.2) is 34.0 Å². The smallest absolute Gasteiger partial charge is 0.240 e. The van der Waals surface area contributed by atoms with Crippen molar-refractivity contribution in [3.8, 4) is 0 Å². The van der Waals surface area contributed by atoms with Crippen LogP contribution in [0.3, 0.4) is 0 Å². The Morgan fingerprint density at radius 1 is 1.56 bits per heavy atom. The minimum absolute atomic E-state index is 0.134. The summed E-state index contributed by atoms with van der Waals surface area (Å²) in [5.74, 6) is 1.63. The van der Waals surface area contributed by atoms with Crippen LogP contribution in [0.5, 0.6) is 0 Å². The van der Waals surface area contributed by atoms with E-state index in [0.29, 0.717) is 11.8 Å². The van der Waals surface area contributed by atoms with E-state index in [2.05, 4.69) is 10.1 Å². The second-order valence-corrected chi connectivity index (χ2v) is 4.03. The van der Waals surface area contributed by atoms with Crippen LogP contribution in [0.25, 0.3) is 0 Å². The van der Waals surface area contributed by atoms with Crippen molar-refractivity contribution in [2.75, 3.05) is 13.1 Å². The molecule has 0 spiro atoms. The first kappa shape index (κ1) is 11.1. The van der Waals surface area contributed by atoms with Gasteiger partial charge < -0.3 is 15.2 Å². The second-order valence-electron chi connectivity index (χ2n) is 4.03. The summed E-state index contributed by atoms with van der Waals surface area (Å²) in [6, 6.07) is 0. The summed E-state index contributed by atoms with van der Waals surface area (Å²) in [4.78, 5) is 17.2. The fourth-order valence-electron chi connectivity index (χ4n) is 1.97. The normalized spacial score (nSPS) is 17.8. The van der Waals surface area contributed by atoms with Gasteiger partial charge in [0.2, 0.25) is 11.8 Å². The fourth-order valence-corrected chi connectivity index (χ4v) is 1.97. The maximum Gasteiger partial charge on any atom is 0.240 e. The molecule has 0 unspecified atom stereocenters. The molecule has 16 heavy (non-hydrogen) atoms. The molecule has 1 fully saturated rings. The van der Waals surface area contributed by atoms with Crippen molar-refractivity contribution in [3.63, 3.8) is 0 Å². The zero-order chi connectivity index (χ0) is 11.5. The SMILES string of the molecule is CC(=O)N1CCC(c2noc(CN)n2)CC1. The molecule has 2 N–H and O–H groups in total. The molecule has 1 aromatic heterocycles. The molecular formula is C10H16N4O2. The summed E-state index contributed by atoms with van der Waals surface area (Å²) in [5, 5.41) is 3.91. The number of likely N-dealkylation sites (tertiary alicyclic amines) is 1. The lowest BCUT2D eigenvalue weighted by Gasteiger charge is -2.29.